The molecule has 0 unspecified atom stereocenters. The van der Waals surface area contributed by atoms with E-state index < -0.39 is 0 Å². The number of nitrogens with zero attached hydrogens (tertiary/aromatic N) is 2. The summed E-state index contributed by atoms with van der Waals surface area (Å²) >= 11 is 6.22. The third kappa shape index (κ3) is 4.05. The fourth-order valence-electron chi connectivity index (χ4n) is 2.25. The summed E-state index contributed by atoms with van der Waals surface area (Å²) in [6.07, 6.45) is 0. The summed E-state index contributed by atoms with van der Waals surface area (Å²) in [6.45, 7) is 8.42. The molecule has 1 aromatic carbocycles. The number of nitrogens with one attached hydrogen (secondary N) is 1. The molecule has 0 saturated carbocycles. The van der Waals surface area contributed by atoms with Crippen LogP contribution in [0.2, 0.25) is 5.02 Å². The Morgan fingerprint density at radius 2 is 2.09 bits per heavy atom. The maximum absolute atomic E-state index is 12.4. The molecule has 6 heteroatoms. The smallest absolute Gasteiger partial charge is 0.259 e. The Balaban J connectivity index is 2.14. The molecule has 0 spiro atoms. The van der Waals surface area contributed by atoms with Gasteiger partial charge in [0.25, 0.3) is 5.91 Å². The van der Waals surface area contributed by atoms with Crippen LogP contribution >= 0.6 is 11.6 Å². The van der Waals surface area contributed by atoms with E-state index in [1.54, 1.807) is 22.9 Å². The van der Waals surface area contributed by atoms with Gasteiger partial charge in [0.2, 0.25) is 0 Å². The second-order valence-electron chi connectivity index (χ2n) is 5.97. The molecule has 1 heterocycles. The number of hydrogen-bond acceptors (Lipinski definition) is 3. The van der Waals surface area contributed by atoms with E-state index in [2.05, 4.69) is 24.3 Å². The average Bonchev–Trinajstić information content (AvgIpc) is 2.71. The number of carbonyl (C=O) groups excluding carboxylic acids is 1. The van der Waals surface area contributed by atoms with Crippen molar-refractivity contribution in [1.29, 1.82) is 0 Å². The van der Waals surface area contributed by atoms with Gasteiger partial charge in [0, 0.05) is 18.4 Å². The lowest BCUT2D eigenvalue weighted by molar-refractivity contribution is 0.102. The summed E-state index contributed by atoms with van der Waals surface area (Å²) in [4.78, 5) is 12.4. The maximum atomic E-state index is 12.4. The third-order valence-electron chi connectivity index (χ3n) is 3.50. The molecule has 0 radical (unpaired) electrons. The van der Waals surface area contributed by atoms with E-state index in [9.17, 15) is 4.79 Å². The first-order valence-corrected chi connectivity index (χ1v) is 7.91. The summed E-state index contributed by atoms with van der Waals surface area (Å²) < 4.78 is 7.32. The average molecular weight is 336 g/mol. The van der Waals surface area contributed by atoms with Gasteiger partial charge in [0.1, 0.15) is 5.75 Å². The molecule has 0 atom stereocenters. The van der Waals surface area contributed by atoms with E-state index in [0.29, 0.717) is 40.2 Å². The lowest BCUT2D eigenvalue weighted by atomic mass is 10.2. The van der Waals surface area contributed by atoms with Gasteiger partial charge in [0.05, 0.1) is 22.9 Å². The minimum absolute atomic E-state index is 0.194. The topological polar surface area (TPSA) is 56.2 Å². The fourth-order valence-corrected chi connectivity index (χ4v) is 2.48. The van der Waals surface area contributed by atoms with Crippen molar-refractivity contribution in [1.82, 2.24) is 9.78 Å². The van der Waals surface area contributed by atoms with Crippen molar-refractivity contribution in [2.24, 2.45) is 13.0 Å². The molecule has 0 saturated heterocycles. The maximum Gasteiger partial charge on any atom is 0.259 e. The highest BCUT2D eigenvalue weighted by Crippen LogP contribution is 2.28. The van der Waals surface area contributed by atoms with Crippen LogP contribution in [0.4, 0.5) is 5.69 Å². The van der Waals surface area contributed by atoms with Gasteiger partial charge in [0.15, 0.2) is 0 Å². The van der Waals surface area contributed by atoms with E-state index in [-0.39, 0.29) is 5.91 Å². The van der Waals surface area contributed by atoms with Gasteiger partial charge >= 0.3 is 0 Å². The minimum atomic E-state index is -0.194. The zero-order valence-electron chi connectivity index (χ0n) is 14.1. The SMILES string of the molecule is Cc1nn(C)c(C)c1C(=O)Nc1ccc(OCC(C)C)c(Cl)c1. The highest BCUT2D eigenvalue weighted by atomic mass is 35.5. The van der Waals surface area contributed by atoms with Gasteiger partial charge in [-0.2, -0.15) is 5.10 Å². The molecule has 0 aliphatic carbocycles. The van der Waals surface area contributed by atoms with Gasteiger partial charge in [-0.25, -0.2) is 0 Å². The van der Waals surface area contributed by atoms with Crippen LogP contribution in [0.3, 0.4) is 0 Å². The number of hydrogen-bond donors (Lipinski definition) is 1. The first kappa shape index (κ1) is 17.3. The monoisotopic (exact) mass is 335 g/mol. The molecule has 124 valence electrons. The summed E-state index contributed by atoms with van der Waals surface area (Å²) in [5.74, 6) is 0.842. The number of ether oxygens (including phenoxy) is 1. The number of rotatable bonds is 5. The Hall–Kier alpha value is -2.01. The number of halogens is 1. The van der Waals surface area contributed by atoms with Gasteiger partial charge in [-0.1, -0.05) is 25.4 Å². The Kier molecular flexibility index (Phi) is 5.31. The second-order valence-corrected chi connectivity index (χ2v) is 6.38. The van der Waals surface area contributed by atoms with Crippen molar-refractivity contribution >= 4 is 23.2 Å². The largest absolute Gasteiger partial charge is 0.492 e. The van der Waals surface area contributed by atoms with Crippen LogP contribution in [0.1, 0.15) is 35.6 Å². The summed E-state index contributed by atoms with van der Waals surface area (Å²) in [5.41, 5.74) is 2.73. The van der Waals surface area contributed by atoms with Crippen LogP contribution in [0.25, 0.3) is 0 Å². The zero-order valence-corrected chi connectivity index (χ0v) is 14.9. The molecule has 2 rings (SSSR count). The molecule has 0 aliphatic heterocycles. The van der Waals surface area contributed by atoms with E-state index >= 15 is 0 Å². The van der Waals surface area contributed by atoms with Gasteiger partial charge < -0.3 is 10.1 Å². The molecular formula is C17H22ClN3O2. The lowest BCUT2D eigenvalue weighted by Crippen LogP contribution is -2.14. The zero-order chi connectivity index (χ0) is 17.1. The van der Waals surface area contributed by atoms with E-state index in [1.165, 1.54) is 0 Å². The summed E-state index contributed by atoms with van der Waals surface area (Å²) in [6, 6.07) is 5.24. The van der Waals surface area contributed by atoms with Crippen LogP contribution < -0.4 is 10.1 Å². The van der Waals surface area contributed by atoms with Crippen LogP contribution in [0, 0.1) is 19.8 Å². The number of anilines is 1. The Morgan fingerprint density at radius 1 is 1.39 bits per heavy atom. The molecule has 2 aromatic rings. The minimum Gasteiger partial charge on any atom is -0.492 e. The van der Waals surface area contributed by atoms with Crippen molar-refractivity contribution in [2.75, 3.05) is 11.9 Å². The molecule has 1 aromatic heterocycles. The number of amides is 1. The number of carbonyl (C=O) groups is 1. The van der Waals surface area contributed by atoms with E-state index in [0.717, 1.165) is 5.69 Å². The van der Waals surface area contributed by atoms with Gasteiger partial charge in [-0.15, -0.1) is 0 Å². The number of aryl methyl sites for hydroxylation is 2. The van der Waals surface area contributed by atoms with Gasteiger partial charge in [-0.3, -0.25) is 9.48 Å². The second kappa shape index (κ2) is 7.04. The van der Waals surface area contributed by atoms with Gasteiger partial charge in [-0.05, 0) is 38.0 Å². The molecule has 23 heavy (non-hydrogen) atoms. The highest BCUT2D eigenvalue weighted by molar-refractivity contribution is 6.32. The highest BCUT2D eigenvalue weighted by Gasteiger charge is 2.17. The first-order chi connectivity index (χ1) is 10.8. The molecular weight excluding hydrogens is 314 g/mol. The van der Waals surface area contributed by atoms with Crippen LogP contribution in [-0.2, 0) is 7.05 Å². The van der Waals surface area contributed by atoms with Crippen molar-refractivity contribution in [3.63, 3.8) is 0 Å². The Labute approximate surface area is 141 Å². The molecule has 5 nitrogen and oxygen atoms in total. The molecule has 0 aliphatic rings. The Bertz CT molecular complexity index is 723. The predicted molar refractivity (Wildman–Crippen MR) is 92.4 cm³/mol. The lowest BCUT2D eigenvalue weighted by Gasteiger charge is -2.12. The molecule has 1 amide bonds. The Morgan fingerprint density at radius 3 is 2.61 bits per heavy atom. The fraction of sp³-hybridized carbons (Fsp3) is 0.412. The standard InChI is InChI=1S/C17H22ClN3O2/c1-10(2)9-23-15-7-6-13(8-14(15)18)19-17(22)16-11(3)20-21(5)12(16)4/h6-8,10H,9H2,1-5H3,(H,19,22). The van der Waals surface area contributed by atoms with Crippen LogP contribution in [0.5, 0.6) is 5.75 Å². The molecule has 1 N–H and O–H groups in total. The van der Waals surface area contributed by atoms with Crippen molar-refractivity contribution in [3.8, 4) is 5.75 Å². The molecule has 0 fully saturated rings. The number of benzene rings is 1. The van der Waals surface area contributed by atoms with Crippen LogP contribution in [0.15, 0.2) is 18.2 Å². The van der Waals surface area contributed by atoms with Crippen molar-refractivity contribution in [3.05, 3.63) is 40.2 Å². The van der Waals surface area contributed by atoms with E-state index in [1.807, 2.05) is 20.9 Å². The quantitative estimate of drug-likeness (QED) is 0.899. The predicted octanol–water partition coefficient (Wildman–Crippen LogP) is 3.98. The summed E-state index contributed by atoms with van der Waals surface area (Å²) in [5, 5.41) is 7.58. The van der Waals surface area contributed by atoms with Crippen molar-refractivity contribution < 1.29 is 9.53 Å². The molecule has 0 bridgehead atoms. The van der Waals surface area contributed by atoms with Crippen molar-refractivity contribution in [2.45, 2.75) is 27.7 Å². The van der Waals surface area contributed by atoms with E-state index in [4.69, 9.17) is 16.3 Å². The summed E-state index contributed by atoms with van der Waals surface area (Å²) in [7, 11) is 1.82. The third-order valence-corrected chi connectivity index (χ3v) is 3.79. The first-order valence-electron chi connectivity index (χ1n) is 7.53. The normalized spacial score (nSPS) is 10.9. The number of aromatic nitrogens is 2. The van der Waals surface area contributed by atoms with Crippen LogP contribution in [-0.4, -0.2) is 22.3 Å².